The van der Waals surface area contributed by atoms with Gasteiger partial charge < -0.3 is 5.32 Å². The highest BCUT2D eigenvalue weighted by Gasteiger charge is 2.32. The summed E-state index contributed by atoms with van der Waals surface area (Å²) >= 11 is 0. The highest BCUT2D eigenvalue weighted by Crippen LogP contribution is 2.21. The first-order valence-electron chi connectivity index (χ1n) is 5.33. The first-order chi connectivity index (χ1) is 8.35. The molecule has 7 heteroatoms. The van der Waals surface area contributed by atoms with Crippen molar-refractivity contribution in [3.05, 3.63) is 29.8 Å². The second kappa shape index (κ2) is 4.64. The summed E-state index contributed by atoms with van der Waals surface area (Å²) in [7, 11) is -3.16. The number of amides is 1. The Bertz CT molecular complexity index is 566. The van der Waals surface area contributed by atoms with Gasteiger partial charge in [-0.2, -0.15) is 0 Å². The molecule has 2 rings (SSSR count). The minimum absolute atomic E-state index is 0.0122. The standard InChI is InChI=1S/C11H11F2NO3S/c12-8-3-9(13)5-10(4-8)14-11(15)7-1-2-18(16,17)6-7/h3-5,7H,1-2,6H2,(H,14,15). The second-order valence-corrected chi connectivity index (χ2v) is 6.48. The summed E-state index contributed by atoms with van der Waals surface area (Å²) in [4.78, 5) is 11.7. The van der Waals surface area contributed by atoms with Crippen LogP contribution in [0.2, 0.25) is 0 Å². The molecule has 18 heavy (non-hydrogen) atoms. The Kier molecular flexibility index (Phi) is 3.34. The zero-order chi connectivity index (χ0) is 13.3. The predicted molar refractivity (Wildman–Crippen MR) is 61.7 cm³/mol. The highest BCUT2D eigenvalue weighted by atomic mass is 32.2. The lowest BCUT2D eigenvalue weighted by Crippen LogP contribution is -2.23. The van der Waals surface area contributed by atoms with Gasteiger partial charge in [0.25, 0.3) is 0 Å². The van der Waals surface area contributed by atoms with E-state index in [9.17, 15) is 22.0 Å². The van der Waals surface area contributed by atoms with Gasteiger partial charge in [0.15, 0.2) is 9.84 Å². The fourth-order valence-electron chi connectivity index (χ4n) is 1.87. The molecule has 0 saturated carbocycles. The van der Waals surface area contributed by atoms with Crippen LogP contribution in [-0.4, -0.2) is 25.8 Å². The Labute approximate surface area is 103 Å². The Hall–Kier alpha value is -1.50. The zero-order valence-corrected chi connectivity index (χ0v) is 10.1. The minimum atomic E-state index is -3.16. The van der Waals surface area contributed by atoms with Crippen molar-refractivity contribution in [1.82, 2.24) is 0 Å². The van der Waals surface area contributed by atoms with Gasteiger partial charge in [0.05, 0.1) is 17.4 Å². The van der Waals surface area contributed by atoms with Gasteiger partial charge in [-0.15, -0.1) is 0 Å². The lowest BCUT2D eigenvalue weighted by atomic mass is 10.1. The van der Waals surface area contributed by atoms with Crippen molar-refractivity contribution in [1.29, 1.82) is 0 Å². The fraction of sp³-hybridized carbons (Fsp3) is 0.364. The molecule has 0 spiro atoms. The van der Waals surface area contributed by atoms with Crippen LogP contribution in [-0.2, 0) is 14.6 Å². The van der Waals surface area contributed by atoms with E-state index in [1.807, 2.05) is 0 Å². The molecule has 1 saturated heterocycles. The number of sulfone groups is 1. The van der Waals surface area contributed by atoms with Crippen LogP contribution >= 0.6 is 0 Å². The second-order valence-electron chi connectivity index (χ2n) is 4.25. The van der Waals surface area contributed by atoms with Gasteiger partial charge in [-0.1, -0.05) is 0 Å². The Balaban J connectivity index is 2.08. The van der Waals surface area contributed by atoms with Crippen LogP contribution in [0.5, 0.6) is 0 Å². The van der Waals surface area contributed by atoms with Gasteiger partial charge in [-0.05, 0) is 18.6 Å². The quantitative estimate of drug-likeness (QED) is 0.886. The maximum absolute atomic E-state index is 12.9. The summed E-state index contributed by atoms with van der Waals surface area (Å²) in [6, 6.07) is 2.64. The van der Waals surface area contributed by atoms with Crippen molar-refractivity contribution in [2.24, 2.45) is 5.92 Å². The van der Waals surface area contributed by atoms with Crippen molar-refractivity contribution in [3.63, 3.8) is 0 Å². The first-order valence-corrected chi connectivity index (χ1v) is 7.15. The van der Waals surface area contributed by atoms with E-state index in [-0.39, 0.29) is 23.6 Å². The van der Waals surface area contributed by atoms with E-state index in [1.54, 1.807) is 0 Å². The number of nitrogens with one attached hydrogen (secondary N) is 1. The van der Waals surface area contributed by atoms with Gasteiger partial charge in [0.1, 0.15) is 11.6 Å². The molecular weight excluding hydrogens is 264 g/mol. The summed E-state index contributed by atoms with van der Waals surface area (Å²) in [6.07, 6.45) is 0.242. The van der Waals surface area contributed by atoms with Gasteiger partial charge in [-0.3, -0.25) is 4.79 Å². The summed E-state index contributed by atoms with van der Waals surface area (Å²) in [5.41, 5.74) is -0.0122. The van der Waals surface area contributed by atoms with E-state index in [1.165, 1.54) is 0 Å². The summed E-state index contributed by atoms with van der Waals surface area (Å²) in [6.45, 7) is 0. The Morgan fingerprint density at radius 3 is 2.33 bits per heavy atom. The average Bonchev–Trinajstić information content (AvgIpc) is 2.57. The molecule has 4 nitrogen and oxygen atoms in total. The smallest absolute Gasteiger partial charge is 0.228 e. The number of halogens is 2. The first kappa shape index (κ1) is 12.9. The molecule has 0 bridgehead atoms. The normalized spacial score (nSPS) is 21.8. The van der Waals surface area contributed by atoms with Gasteiger partial charge in [-0.25, -0.2) is 17.2 Å². The molecule has 1 aromatic rings. The maximum atomic E-state index is 12.9. The highest BCUT2D eigenvalue weighted by molar-refractivity contribution is 7.91. The zero-order valence-electron chi connectivity index (χ0n) is 9.32. The number of carbonyl (C=O) groups excluding carboxylic acids is 1. The van der Waals surface area contributed by atoms with Crippen molar-refractivity contribution < 1.29 is 22.0 Å². The molecule has 1 amide bonds. The molecule has 1 fully saturated rings. The van der Waals surface area contributed by atoms with Crippen LogP contribution in [0.15, 0.2) is 18.2 Å². The molecule has 1 N–H and O–H groups in total. The number of rotatable bonds is 2. The van der Waals surface area contributed by atoms with Gasteiger partial charge in [0, 0.05) is 11.8 Å². The molecular formula is C11H11F2NO3S. The van der Waals surface area contributed by atoms with E-state index in [0.29, 0.717) is 6.07 Å². The molecule has 1 unspecified atom stereocenters. The number of hydrogen-bond donors (Lipinski definition) is 1. The molecule has 98 valence electrons. The Morgan fingerprint density at radius 2 is 1.83 bits per heavy atom. The predicted octanol–water partition coefficient (Wildman–Crippen LogP) is 1.34. The maximum Gasteiger partial charge on any atom is 0.228 e. The van der Waals surface area contributed by atoms with Crippen LogP contribution in [0.3, 0.4) is 0 Å². The van der Waals surface area contributed by atoms with Crippen molar-refractivity contribution >= 4 is 21.4 Å². The molecule has 1 aliphatic rings. The molecule has 1 aliphatic heterocycles. The van der Waals surface area contributed by atoms with Crippen LogP contribution in [0.1, 0.15) is 6.42 Å². The summed E-state index contributed by atoms with van der Waals surface area (Å²) in [5.74, 6) is -3.02. The topological polar surface area (TPSA) is 63.2 Å². The number of carbonyl (C=O) groups is 1. The van der Waals surface area contributed by atoms with Crippen LogP contribution < -0.4 is 5.32 Å². The number of hydrogen-bond acceptors (Lipinski definition) is 3. The third kappa shape index (κ3) is 3.04. The monoisotopic (exact) mass is 275 g/mol. The molecule has 0 radical (unpaired) electrons. The van der Waals surface area contributed by atoms with E-state index in [4.69, 9.17) is 0 Å². The minimum Gasteiger partial charge on any atom is -0.326 e. The van der Waals surface area contributed by atoms with Crippen molar-refractivity contribution in [2.45, 2.75) is 6.42 Å². The molecule has 1 heterocycles. The lowest BCUT2D eigenvalue weighted by molar-refractivity contribution is -0.119. The average molecular weight is 275 g/mol. The number of anilines is 1. The number of benzene rings is 1. The van der Waals surface area contributed by atoms with E-state index < -0.39 is 33.3 Å². The van der Waals surface area contributed by atoms with E-state index in [0.717, 1.165) is 12.1 Å². The van der Waals surface area contributed by atoms with E-state index in [2.05, 4.69) is 5.32 Å². The molecule has 0 aliphatic carbocycles. The van der Waals surface area contributed by atoms with Gasteiger partial charge in [0.2, 0.25) is 5.91 Å². The fourth-order valence-corrected chi connectivity index (χ4v) is 3.61. The van der Waals surface area contributed by atoms with Crippen LogP contribution in [0.4, 0.5) is 14.5 Å². The molecule has 0 aromatic heterocycles. The Morgan fingerprint density at radius 1 is 1.22 bits per heavy atom. The van der Waals surface area contributed by atoms with Gasteiger partial charge >= 0.3 is 0 Å². The SMILES string of the molecule is O=C(Nc1cc(F)cc(F)c1)C1CCS(=O)(=O)C1. The van der Waals surface area contributed by atoms with Crippen molar-refractivity contribution in [2.75, 3.05) is 16.8 Å². The summed E-state index contributed by atoms with van der Waals surface area (Å²) < 4.78 is 48.2. The van der Waals surface area contributed by atoms with Crippen LogP contribution in [0, 0.1) is 17.6 Å². The summed E-state index contributed by atoms with van der Waals surface area (Å²) in [5, 5.41) is 2.32. The third-order valence-corrected chi connectivity index (χ3v) is 4.50. The molecule has 1 atom stereocenters. The van der Waals surface area contributed by atoms with E-state index >= 15 is 0 Å². The van der Waals surface area contributed by atoms with Crippen molar-refractivity contribution in [3.8, 4) is 0 Å². The van der Waals surface area contributed by atoms with Crippen LogP contribution in [0.25, 0.3) is 0 Å². The lowest BCUT2D eigenvalue weighted by Gasteiger charge is -2.09. The molecule has 1 aromatic carbocycles. The largest absolute Gasteiger partial charge is 0.326 e. The third-order valence-electron chi connectivity index (χ3n) is 2.73.